The lowest BCUT2D eigenvalue weighted by atomic mass is 10.1. The van der Waals surface area contributed by atoms with Gasteiger partial charge in [-0.05, 0) is 61.4 Å². The first-order chi connectivity index (χ1) is 13.4. The molecular weight excluding hydrogens is 356 g/mol. The van der Waals surface area contributed by atoms with Crippen LogP contribution in [0.1, 0.15) is 32.0 Å². The zero-order valence-corrected chi connectivity index (χ0v) is 15.8. The maximum atomic E-state index is 12.3. The Balaban J connectivity index is 1.65. The van der Waals surface area contributed by atoms with Gasteiger partial charge >= 0.3 is 5.97 Å². The lowest BCUT2D eigenvalue weighted by molar-refractivity contribution is 0.0600. The zero-order chi connectivity index (χ0) is 20.1. The minimum absolute atomic E-state index is 0.183. The van der Waals surface area contributed by atoms with E-state index < -0.39 is 11.9 Å². The Kier molecular flexibility index (Phi) is 5.64. The second kappa shape index (κ2) is 8.30. The van der Waals surface area contributed by atoms with Crippen molar-refractivity contribution in [3.05, 3.63) is 77.2 Å². The fourth-order valence-corrected chi connectivity index (χ4v) is 2.71. The number of hydrogen-bond donors (Lipinski definition) is 2. The molecule has 7 nitrogen and oxygen atoms in total. The van der Waals surface area contributed by atoms with Crippen molar-refractivity contribution in [3.63, 3.8) is 0 Å². The maximum Gasteiger partial charge on any atom is 0.337 e. The Morgan fingerprint density at radius 3 is 2.14 bits per heavy atom. The van der Waals surface area contributed by atoms with Crippen LogP contribution < -0.4 is 10.6 Å². The van der Waals surface area contributed by atoms with E-state index in [0.717, 1.165) is 16.8 Å². The summed E-state index contributed by atoms with van der Waals surface area (Å²) in [5, 5.41) is 5.89. The van der Waals surface area contributed by atoms with Crippen molar-refractivity contribution in [3.8, 4) is 0 Å². The average molecular weight is 376 g/mol. The first-order valence-corrected chi connectivity index (χ1v) is 8.62. The van der Waals surface area contributed by atoms with Crippen molar-refractivity contribution >= 4 is 29.1 Å². The van der Waals surface area contributed by atoms with Gasteiger partial charge in [0.05, 0.1) is 25.1 Å². The molecule has 1 amide bonds. The van der Waals surface area contributed by atoms with Crippen LogP contribution in [-0.4, -0.2) is 29.0 Å². The highest BCUT2D eigenvalue weighted by molar-refractivity contribution is 6.03. The number of benzene rings is 2. The molecule has 3 rings (SSSR count). The van der Waals surface area contributed by atoms with Crippen LogP contribution in [0.5, 0.6) is 0 Å². The molecule has 0 saturated carbocycles. The molecule has 1 heterocycles. The molecule has 28 heavy (non-hydrogen) atoms. The molecular formula is C21H20N4O3. The third-order valence-electron chi connectivity index (χ3n) is 3.94. The van der Waals surface area contributed by atoms with E-state index in [2.05, 4.69) is 31.4 Å². The zero-order valence-electron chi connectivity index (χ0n) is 15.8. The minimum atomic E-state index is -0.435. The molecule has 2 N–H and O–H groups in total. The molecule has 0 radical (unpaired) electrons. The molecule has 0 bridgehead atoms. The Labute approximate surface area is 162 Å². The number of nitrogens with zero attached hydrogens (tertiary/aromatic N) is 2. The van der Waals surface area contributed by atoms with Crippen molar-refractivity contribution in [2.75, 3.05) is 17.7 Å². The standard InChI is InChI=1S/C21H20N4O3/c1-13-8-14(2)10-17(9-13)24-19-12-22-18(11-23-19)20(26)25-16-6-4-15(5-7-16)21(27)28-3/h4-12H,1-3H3,(H,23,24)(H,25,26). The highest BCUT2D eigenvalue weighted by Gasteiger charge is 2.10. The summed E-state index contributed by atoms with van der Waals surface area (Å²) in [4.78, 5) is 32.2. The van der Waals surface area contributed by atoms with Gasteiger partial charge in [-0.2, -0.15) is 0 Å². The smallest absolute Gasteiger partial charge is 0.337 e. The largest absolute Gasteiger partial charge is 0.465 e. The molecule has 0 spiro atoms. The number of aromatic nitrogens is 2. The first-order valence-electron chi connectivity index (χ1n) is 8.62. The van der Waals surface area contributed by atoms with Gasteiger partial charge in [0.2, 0.25) is 0 Å². The van der Waals surface area contributed by atoms with Crippen LogP contribution in [0.2, 0.25) is 0 Å². The molecule has 0 saturated heterocycles. The fraction of sp³-hybridized carbons (Fsp3) is 0.143. The van der Waals surface area contributed by atoms with Crippen molar-refractivity contribution < 1.29 is 14.3 Å². The lowest BCUT2D eigenvalue weighted by Crippen LogP contribution is -2.14. The molecule has 0 unspecified atom stereocenters. The fourth-order valence-electron chi connectivity index (χ4n) is 2.71. The summed E-state index contributed by atoms with van der Waals surface area (Å²) in [6, 6.07) is 12.5. The van der Waals surface area contributed by atoms with E-state index in [1.54, 1.807) is 24.3 Å². The van der Waals surface area contributed by atoms with E-state index >= 15 is 0 Å². The quantitative estimate of drug-likeness (QED) is 0.657. The summed E-state index contributed by atoms with van der Waals surface area (Å²) in [7, 11) is 1.31. The van der Waals surface area contributed by atoms with Gasteiger partial charge in [-0.15, -0.1) is 0 Å². The second-order valence-electron chi connectivity index (χ2n) is 6.31. The number of nitrogens with one attached hydrogen (secondary N) is 2. The number of hydrogen-bond acceptors (Lipinski definition) is 6. The Bertz CT molecular complexity index is 979. The van der Waals surface area contributed by atoms with Crippen LogP contribution in [0, 0.1) is 13.8 Å². The third kappa shape index (κ3) is 4.70. The van der Waals surface area contributed by atoms with Gasteiger partial charge in [0.1, 0.15) is 11.5 Å². The number of carbonyl (C=O) groups excluding carboxylic acids is 2. The van der Waals surface area contributed by atoms with E-state index in [9.17, 15) is 9.59 Å². The van der Waals surface area contributed by atoms with Gasteiger partial charge in [-0.3, -0.25) is 4.79 Å². The Morgan fingerprint density at radius 2 is 1.57 bits per heavy atom. The molecule has 0 aliphatic heterocycles. The Hall–Kier alpha value is -3.74. The summed E-state index contributed by atoms with van der Waals surface area (Å²) in [5.74, 6) is -0.282. The first kappa shape index (κ1) is 19.0. The number of ether oxygens (including phenoxy) is 1. The molecule has 7 heteroatoms. The molecule has 0 aliphatic rings. The van der Waals surface area contributed by atoms with Gasteiger partial charge in [-0.1, -0.05) is 6.07 Å². The lowest BCUT2D eigenvalue weighted by Gasteiger charge is -2.09. The van der Waals surface area contributed by atoms with Gasteiger partial charge in [0.15, 0.2) is 0 Å². The molecule has 0 fully saturated rings. The molecule has 1 aromatic heterocycles. The highest BCUT2D eigenvalue weighted by atomic mass is 16.5. The topological polar surface area (TPSA) is 93.2 Å². The van der Waals surface area contributed by atoms with Gasteiger partial charge in [-0.25, -0.2) is 14.8 Å². The van der Waals surface area contributed by atoms with E-state index in [1.807, 2.05) is 26.0 Å². The second-order valence-corrected chi connectivity index (χ2v) is 6.31. The summed E-state index contributed by atoms with van der Waals surface area (Å²) < 4.78 is 4.64. The van der Waals surface area contributed by atoms with Gasteiger partial charge in [0, 0.05) is 11.4 Å². The number of amides is 1. The predicted molar refractivity (Wildman–Crippen MR) is 107 cm³/mol. The number of esters is 1. The maximum absolute atomic E-state index is 12.3. The van der Waals surface area contributed by atoms with Crippen molar-refractivity contribution in [2.24, 2.45) is 0 Å². The van der Waals surface area contributed by atoms with E-state index in [0.29, 0.717) is 17.1 Å². The SMILES string of the molecule is COC(=O)c1ccc(NC(=O)c2cnc(Nc3cc(C)cc(C)c3)cn2)cc1. The summed E-state index contributed by atoms with van der Waals surface area (Å²) in [6.07, 6.45) is 2.91. The highest BCUT2D eigenvalue weighted by Crippen LogP contribution is 2.18. The molecule has 142 valence electrons. The predicted octanol–water partition coefficient (Wildman–Crippen LogP) is 3.88. The number of aryl methyl sites for hydroxylation is 2. The molecule has 0 aliphatic carbocycles. The van der Waals surface area contributed by atoms with Crippen LogP contribution in [-0.2, 0) is 4.74 Å². The monoisotopic (exact) mass is 376 g/mol. The normalized spacial score (nSPS) is 10.2. The van der Waals surface area contributed by atoms with Gasteiger partial charge in [0.25, 0.3) is 5.91 Å². The number of methoxy groups -OCH3 is 1. The van der Waals surface area contributed by atoms with E-state index in [-0.39, 0.29) is 5.69 Å². The van der Waals surface area contributed by atoms with Crippen LogP contribution in [0.4, 0.5) is 17.2 Å². The van der Waals surface area contributed by atoms with E-state index in [4.69, 9.17) is 0 Å². The third-order valence-corrected chi connectivity index (χ3v) is 3.94. The molecule has 0 atom stereocenters. The number of rotatable bonds is 5. The van der Waals surface area contributed by atoms with Gasteiger partial charge < -0.3 is 15.4 Å². The molecule has 3 aromatic rings. The van der Waals surface area contributed by atoms with Crippen molar-refractivity contribution in [1.82, 2.24) is 9.97 Å². The van der Waals surface area contributed by atoms with Crippen LogP contribution in [0.25, 0.3) is 0 Å². The Morgan fingerprint density at radius 1 is 0.893 bits per heavy atom. The van der Waals surface area contributed by atoms with E-state index in [1.165, 1.54) is 19.5 Å². The number of anilines is 3. The van der Waals surface area contributed by atoms with Crippen molar-refractivity contribution in [1.29, 1.82) is 0 Å². The number of carbonyl (C=O) groups is 2. The summed E-state index contributed by atoms with van der Waals surface area (Å²) >= 11 is 0. The van der Waals surface area contributed by atoms with Crippen LogP contribution in [0.15, 0.2) is 54.9 Å². The van der Waals surface area contributed by atoms with Crippen LogP contribution >= 0.6 is 0 Å². The summed E-state index contributed by atoms with van der Waals surface area (Å²) in [6.45, 7) is 4.05. The van der Waals surface area contributed by atoms with Crippen LogP contribution in [0.3, 0.4) is 0 Å². The summed E-state index contributed by atoms with van der Waals surface area (Å²) in [5.41, 5.74) is 4.33. The van der Waals surface area contributed by atoms with Crippen molar-refractivity contribution in [2.45, 2.75) is 13.8 Å². The average Bonchev–Trinajstić information content (AvgIpc) is 2.67. The molecule has 2 aromatic carbocycles. The minimum Gasteiger partial charge on any atom is -0.465 e.